The Balaban J connectivity index is 2.03. The number of ether oxygens (including phenoxy) is 1. The Morgan fingerprint density at radius 2 is 2.12 bits per heavy atom. The zero-order chi connectivity index (χ0) is 12.6. The third-order valence-corrected chi connectivity index (χ3v) is 4.57. The van der Waals surface area contributed by atoms with Crippen LogP contribution in [0.5, 0.6) is 0 Å². The summed E-state index contributed by atoms with van der Waals surface area (Å²) < 4.78 is 5.46. The highest BCUT2D eigenvalue weighted by Gasteiger charge is 2.43. The monoisotopic (exact) mass is 258 g/mol. The number of nitrogens with two attached hydrogens (primary N) is 1. The van der Waals surface area contributed by atoms with Gasteiger partial charge in [-0.15, -0.1) is 0 Å². The number of thioether (sulfide) groups is 1. The Morgan fingerprint density at radius 1 is 1.41 bits per heavy atom. The van der Waals surface area contributed by atoms with Crippen LogP contribution in [0.2, 0.25) is 0 Å². The van der Waals surface area contributed by atoms with Gasteiger partial charge >= 0.3 is 6.09 Å². The maximum Gasteiger partial charge on any atom is 0.410 e. The van der Waals surface area contributed by atoms with Crippen molar-refractivity contribution in [3.63, 3.8) is 0 Å². The first-order valence-electron chi connectivity index (χ1n) is 6.21. The first kappa shape index (κ1) is 13.0. The standard InChI is InChI=1S/C12H22N2O2S/c1-12(2,3)16-11(15)14-5-4-9(13)8-6-17-7-10(8)14/h8-10H,4-7,13H2,1-3H3. The fourth-order valence-corrected chi connectivity index (χ4v) is 4.05. The number of carbonyl (C=O) groups is 1. The molecular formula is C12H22N2O2S. The molecule has 0 aromatic rings. The summed E-state index contributed by atoms with van der Waals surface area (Å²) in [5.74, 6) is 2.52. The van der Waals surface area contributed by atoms with Crippen LogP contribution in [0.3, 0.4) is 0 Å². The molecule has 0 bridgehead atoms. The smallest absolute Gasteiger partial charge is 0.410 e. The van der Waals surface area contributed by atoms with Gasteiger partial charge in [-0.25, -0.2) is 4.79 Å². The van der Waals surface area contributed by atoms with E-state index in [-0.39, 0.29) is 18.2 Å². The maximum atomic E-state index is 12.1. The molecule has 2 saturated heterocycles. The van der Waals surface area contributed by atoms with E-state index in [1.807, 2.05) is 37.4 Å². The molecular weight excluding hydrogens is 236 g/mol. The molecule has 2 aliphatic heterocycles. The highest BCUT2D eigenvalue weighted by Crippen LogP contribution is 2.35. The van der Waals surface area contributed by atoms with Gasteiger partial charge in [0.1, 0.15) is 5.60 Å². The number of hydrogen-bond donors (Lipinski definition) is 1. The van der Waals surface area contributed by atoms with E-state index in [0.717, 1.165) is 24.5 Å². The van der Waals surface area contributed by atoms with E-state index in [1.54, 1.807) is 0 Å². The second kappa shape index (κ2) is 4.69. The van der Waals surface area contributed by atoms with Gasteiger partial charge < -0.3 is 15.4 Å². The Hall–Kier alpha value is -0.420. The van der Waals surface area contributed by atoms with Crippen molar-refractivity contribution in [2.45, 2.75) is 44.9 Å². The number of amides is 1. The van der Waals surface area contributed by atoms with Crippen molar-refractivity contribution < 1.29 is 9.53 Å². The molecule has 2 N–H and O–H groups in total. The number of piperidine rings is 1. The zero-order valence-electron chi connectivity index (χ0n) is 10.8. The second-order valence-electron chi connectivity index (χ2n) is 5.89. The molecule has 2 fully saturated rings. The van der Waals surface area contributed by atoms with Gasteiger partial charge in [0, 0.05) is 30.3 Å². The zero-order valence-corrected chi connectivity index (χ0v) is 11.6. The van der Waals surface area contributed by atoms with Crippen molar-refractivity contribution in [1.29, 1.82) is 0 Å². The second-order valence-corrected chi connectivity index (χ2v) is 6.97. The van der Waals surface area contributed by atoms with Crippen molar-refractivity contribution in [1.82, 2.24) is 4.90 Å². The van der Waals surface area contributed by atoms with E-state index >= 15 is 0 Å². The number of likely N-dealkylation sites (tertiary alicyclic amines) is 1. The maximum absolute atomic E-state index is 12.1. The molecule has 5 heteroatoms. The molecule has 0 spiro atoms. The first-order valence-corrected chi connectivity index (χ1v) is 7.37. The lowest BCUT2D eigenvalue weighted by atomic mass is 9.88. The highest BCUT2D eigenvalue weighted by atomic mass is 32.2. The van der Waals surface area contributed by atoms with Gasteiger partial charge in [-0.3, -0.25) is 0 Å². The van der Waals surface area contributed by atoms with Crippen LogP contribution in [0.15, 0.2) is 0 Å². The van der Waals surface area contributed by atoms with Gasteiger partial charge in [0.05, 0.1) is 0 Å². The lowest BCUT2D eigenvalue weighted by Gasteiger charge is -2.40. The molecule has 1 amide bonds. The molecule has 0 aromatic carbocycles. The minimum absolute atomic E-state index is 0.179. The van der Waals surface area contributed by atoms with Gasteiger partial charge in [0.15, 0.2) is 0 Å². The number of fused-ring (bicyclic) bond motifs is 1. The molecule has 0 aromatic heterocycles. The molecule has 98 valence electrons. The van der Waals surface area contributed by atoms with E-state index in [1.165, 1.54) is 0 Å². The molecule has 3 unspecified atom stereocenters. The molecule has 0 saturated carbocycles. The number of nitrogens with zero attached hydrogens (tertiary/aromatic N) is 1. The van der Waals surface area contributed by atoms with E-state index in [4.69, 9.17) is 10.5 Å². The Morgan fingerprint density at radius 3 is 2.76 bits per heavy atom. The summed E-state index contributed by atoms with van der Waals surface area (Å²) in [7, 11) is 0. The van der Waals surface area contributed by atoms with Crippen LogP contribution in [0, 0.1) is 5.92 Å². The lowest BCUT2D eigenvalue weighted by molar-refractivity contribution is 0.00453. The predicted molar refractivity (Wildman–Crippen MR) is 70.1 cm³/mol. The SMILES string of the molecule is CC(C)(C)OC(=O)N1CCC(N)C2CSCC21. The molecule has 2 heterocycles. The first-order chi connectivity index (χ1) is 7.88. The molecule has 4 nitrogen and oxygen atoms in total. The van der Waals surface area contributed by atoms with E-state index in [9.17, 15) is 4.79 Å². The summed E-state index contributed by atoms with van der Waals surface area (Å²) in [6.07, 6.45) is 0.711. The van der Waals surface area contributed by atoms with E-state index in [2.05, 4.69) is 0 Å². The summed E-state index contributed by atoms with van der Waals surface area (Å²) in [4.78, 5) is 14.0. The normalized spacial score (nSPS) is 33.4. The summed E-state index contributed by atoms with van der Waals surface area (Å²) in [6, 6.07) is 0.521. The minimum atomic E-state index is -0.419. The summed E-state index contributed by atoms with van der Waals surface area (Å²) in [5.41, 5.74) is 5.70. The summed E-state index contributed by atoms with van der Waals surface area (Å²) in [5, 5.41) is 0. The molecule has 17 heavy (non-hydrogen) atoms. The summed E-state index contributed by atoms with van der Waals surface area (Å²) in [6.45, 7) is 6.45. The third kappa shape index (κ3) is 2.88. The number of rotatable bonds is 0. The van der Waals surface area contributed by atoms with Gasteiger partial charge in [-0.05, 0) is 32.9 Å². The van der Waals surface area contributed by atoms with Gasteiger partial charge in [-0.1, -0.05) is 0 Å². The van der Waals surface area contributed by atoms with Gasteiger partial charge in [-0.2, -0.15) is 11.8 Å². The van der Waals surface area contributed by atoms with Crippen molar-refractivity contribution in [3.8, 4) is 0 Å². The molecule has 2 aliphatic rings. The van der Waals surface area contributed by atoms with Crippen LogP contribution in [-0.4, -0.2) is 46.7 Å². The molecule has 0 aliphatic carbocycles. The van der Waals surface area contributed by atoms with Crippen molar-refractivity contribution in [2.24, 2.45) is 11.7 Å². The molecule has 0 radical (unpaired) electrons. The Kier molecular flexibility index (Phi) is 3.59. The van der Waals surface area contributed by atoms with Gasteiger partial charge in [0.25, 0.3) is 0 Å². The van der Waals surface area contributed by atoms with Crippen molar-refractivity contribution in [3.05, 3.63) is 0 Å². The van der Waals surface area contributed by atoms with Crippen LogP contribution in [0.4, 0.5) is 4.79 Å². The van der Waals surface area contributed by atoms with Crippen molar-refractivity contribution >= 4 is 17.9 Å². The fourth-order valence-electron chi connectivity index (χ4n) is 2.50. The average molecular weight is 258 g/mol. The topological polar surface area (TPSA) is 55.6 Å². The van der Waals surface area contributed by atoms with Crippen LogP contribution >= 0.6 is 11.8 Å². The third-order valence-electron chi connectivity index (χ3n) is 3.37. The van der Waals surface area contributed by atoms with Gasteiger partial charge in [0.2, 0.25) is 0 Å². The highest BCUT2D eigenvalue weighted by molar-refractivity contribution is 7.99. The number of carbonyl (C=O) groups excluding carboxylic acids is 1. The lowest BCUT2D eigenvalue weighted by Crippen LogP contribution is -2.56. The quantitative estimate of drug-likeness (QED) is 0.718. The average Bonchev–Trinajstić information content (AvgIpc) is 2.64. The molecule has 3 atom stereocenters. The van der Waals surface area contributed by atoms with E-state index < -0.39 is 5.60 Å². The minimum Gasteiger partial charge on any atom is -0.444 e. The summed E-state index contributed by atoms with van der Waals surface area (Å²) >= 11 is 1.89. The fraction of sp³-hybridized carbons (Fsp3) is 0.917. The Bertz CT molecular complexity index is 303. The largest absolute Gasteiger partial charge is 0.444 e. The Labute approximate surface area is 107 Å². The van der Waals surface area contributed by atoms with Crippen LogP contribution in [0.25, 0.3) is 0 Å². The van der Waals surface area contributed by atoms with Crippen LogP contribution < -0.4 is 5.73 Å². The van der Waals surface area contributed by atoms with E-state index in [0.29, 0.717) is 5.92 Å². The predicted octanol–water partition coefficient (Wildman–Crippen LogP) is 1.69. The number of hydrogen-bond acceptors (Lipinski definition) is 4. The molecule has 2 rings (SSSR count). The van der Waals surface area contributed by atoms with Crippen LogP contribution in [-0.2, 0) is 4.74 Å². The van der Waals surface area contributed by atoms with Crippen molar-refractivity contribution in [2.75, 3.05) is 18.1 Å². The van der Waals surface area contributed by atoms with Crippen LogP contribution in [0.1, 0.15) is 27.2 Å².